The van der Waals surface area contributed by atoms with Gasteiger partial charge in [-0.25, -0.2) is 0 Å². The van der Waals surface area contributed by atoms with Gasteiger partial charge in [0.15, 0.2) is 0 Å². The average molecular weight is 317 g/mol. The molecule has 0 saturated heterocycles. The van der Waals surface area contributed by atoms with Crippen LogP contribution in [0.2, 0.25) is 25.7 Å². The van der Waals surface area contributed by atoms with Crippen molar-refractivity contribution in [2.75, 3.05) is 13.2 Å². The third kappa shape index (κ3) is 3.91. The zero-order valence-corrected chi connectivity index (χ0v) is 13.3. The fraction of sp³-hybridized carbons (Fsp3) is 0.538. The summed E-state index contributed by atoms with van der Waals surface area (Å²) >= 11 is 3.40. The topological polar surface area (TPSA) is 40.5 Å². The van der Waals surface area contributed by atoms with Gasteiger partial charge in [0.05, 0.1) is 13.2 Å². The molecule has 0 atom stereocenters. The molecule has 0 saturated carbocycles. The second-order valence-electron chi connectivity index (χ2n) is 5.84. The molecule has 0 radical (unpaired) electrons. The zero-order chi connectivity index (χ0) is 13.1. The molecule has 17 heavy (non-hydrogen) atoms. The van der Waals surface area contributed by atoms with Gasteiger partial charge in [0.25, 0.3) is 0 Å². The van der Waals surface area contributed by atoms with E-state index in [4.69, 9.17) is 0 Å². The van der Waals surface area contributed by atoms with Gasteiger partial charge >= 0.3 is 0 Å². The number of benzene rings is 1. The molecule has 0 aliphatic rings. The molecule has 0 bridgehead atoms. The molecule has 0 amide bonds. The maximum absolute atomic E-state index is 9.71. The molecule has 0 aromatic heterocycles. The van der Waals surface area contributed by atoms with Crippen LogP contribution >= 0.6 is 15.9 Å². The van der Waals surface area contributed by atoms with E-state index in [1.807, 2.05) is 24.3 Å². The SMILES string of the molecule is C[Si](C)(C)CC(CO)(CO)c1ccc(Br)cc1. The molecule has 0 unspecified atom stereocenters. The van der Waals surface area contributed by atoms with Crippen LogP contribution in [0.1, 0.15) is 5.56 Å². The van der Waals surface area contributed by atoms with Crippen LogP contribution in [0.15, 0.2) is 28.7 Å². The van der Waals surface area contributed by atoms with Crippen molar-refractivity contribution in [3.63, 3.8) is 0 Å². The lowest BCUT2D eigenvalue weighted by atomic mass is 9.84. The average Bonchev–Trinajstić information content (AvgIpc) is 2.26. The fourth-order valence-corrected chi connectivity index (χ4v) is 4.99. The Morgan fingerprint density at radius 2 is 1.53 bits per heavy atom. The first kappa shape index (κ1) is 14.9. The molecule has 0 aliphatic heterocycles. The van der Waals surface area contributed by atoms with E-state index in [9.17, 15) is 10.2 Å². The third-order valence-corrected chi connectivity index (χ3v) is 5.20. The van der Waals surface area contributed by atoms with Gasteiger partial charge < -0.3 is 10.2 Å². The van der Waals surface area contributed by atoms with Gasteiger partial charge in [-0.15, -0.1) is 0 Å². The van der Waals surface area contributed by atoms with Crippen LogP contribution in [0.4, 0.5) is 0 Å². The molecule has 4 heteroatoms. The van der Waals surface area contributed by atoms with Crippen molar-refractivity contribution in [3.8, 4) is 0 Å². The number of hydrogen-bond acceptors (Lipinski definition) is 2. The Hall–Kier alpha value is -0.163. The number of rotatable bonds is 5. The highest BCUT2D eigenvalue weighted by Crippen LogP contribution is 2.33. The van der Waals surface area contributed by atoms with Crippen LogP contribution in [0.5, 0.6) is 0 Å². The molecule has 1 aromatic carbocycles. The van der Waals surface area contributed by atoms with Gasteiger partial charge in [-0.3, -0.25) is 0 Å². The lowest BCUT2D eigenvalue weighted by molar-refractivity contribution is 0.128. The first-order valence-corrected chi connectivity index (χ1v) is 10.3. The summed E-state index contributed by atoms with van der Waals surface area (Å²) in [5.41, 5.74) is 0.527. The van der Waals surface area contributed by atoms with Crippen molar-refractivity contribution in [2.24, 2.45) is 0 Å². The minimum Gasteiger partial charge on any atom is -0.395 e. The Bertz CT molecular complexity index is 353. The van der Waals surface area contributed by atoms with E-state index in [0.29, 0.717) is 0 Å². The summed E-state index contributed by atoms with van der Waals surface area (Å²) in [6, 6.07) is 8.77. The number of halogens is 1. The second-order valence-corrected chi connectivity index (χ2v) is 12.2. The minimum atomic E-state index is -1.36. The lowest BCUT2D eigenvalue weighted by Gasteiger charge is -2.35. The van der Waals surface area contributed by atoms with Crippen LogP contribution in [-0.2, 0) is 5.41 Å². The number of aliphatic hydroxyl groups is 2. The zero-order valence-electron chi connectivity index (χ0n) is 10.7. The Morgan fingerprint density at radius 3 is 1.88 bits per heavy atom. The predicted molar refractivity (Wildman–Crippen MR) is 78.1 cm³/mol. The van der Waals surface area contributed by atoms with Crippen molar-refractivity contribution >= 4 is 24.0 Å². The molecule has 96 valence electrons. The van der Waals surface area contributed by atoms with E-state index in [1.165, 1.54) is 0 Å². The molecule has 0 fully saturated rings. The minimum absolute atomic E-state index is 0.00456. The Labute approximate surface area is 113 Å². The van der Waals surface area contributed by atoms with E-state index in [-0.39, 0.29) is 13.2 Å². The first-order valence-electron chi connectivity index (χ1n) is 5.81. The monoisotopic (exact) mass is 316 g/mol. The largest absolute Gasteiger partial charge is 0.395 e. The molecule has 0 aliphatic carbocycles. The van der Waals surface area contributed by atoms with Crippen molar-refractivity contribution in [1.82, 2.24) is 0 Å². The third-order valence-electron chi connectivity index (χ3n) is 2.93. The molecule has 0 spiro atoms. The van der Waals surface area contributed by atoms with Gasteiger partial charge in [-0.05, 0) is 23.7 Å². The lowest BCUT2D eigenvalue weighted by Crippen LogP contribution is -2.41. The number of aliphatic hydroxyl groups excluding tert-OH is 2. The van der Waals surface area contributed by atoms with E-state index >= 15 is 0 Å². The van der Waals surface area contributed by atoms with Crippen molar-refractivity contribution in [3.05, 3.63) is 34.3 Å². The quantitative estimate of drug-likeness (QED) is 0.820. The summed E-state index contributed by atoms with van der Waals surface area (Å²) in [7, 11) is -1.36. The Balaban J connectivity index is 3.10. The van der Waals surface area contributed by atoms with Gasteiger partial charge in [0, 0.05) is 18.0 Å². The van der Waals surface area contributed by atoms with E-state index in [1.54, 1.807) is 0 Å². The normalized spacial score (nSPS) is 12.8. The standard InChI is InChI=1S/C13H21BrO2Si/c1-17(2,3)10-13(8-15,9-16)11-4-6-12(14)7-5-11/h4-7,15-16H,8-10H2,1-3H3. The first-order chi connectivity index (χ1) is 7.83. The van der Waals surface area contributed by atoms with Crippen molar-refractivity contribution < 1.29 is 10.2 Å². The van der Waals surface area contributed by atoms with Crippen LogP contribution in [0, 0.1) is 0 Å². The molecular weight excluding hydrogens is 296 g/mol. The Kier molecular flexibility index (Phi) is 4.95. The smallest absolute Gasteiger partial charge is 0.0547 e. The van der Waals surface area contributed by atoms with Crippen LogP contribution < -0.4 is 0 Å². The predicted octanol–water partition coefficient (Wildman–Crippen LogP) is 3.01. The van der Waals surface area contributed by atoms with Gasteiger partial charge in [-0.2, -0.15) is 0 Å². The molecule has 2 nitrogen and oxygen atoms in total. The molecular formula is C13H21BrO2Si. The summed E-state index contributed by atoms with van der Waals surface area (Å²) in [5, 5.41) is 19.4. The molecule has 0 heterocycles. The molecule has 2 N–H and O–H groups in total. The highest BCUT2D eigenvalue weighted by Gasteiger charge is 2.36. The van der Waals surface area contributed by atoms with E-state index in [0.717, 1.165) is 16.1 Å². The van der Waals surface area contributed by atoms with Crippen LogP contribution in [0.3, 0.4) is 0 Å². The van der Waals surface area contributed by atoms with Crippen LogP contribution in [-0.4, -0.2) is 31.5 Å². The van der Waals surface area contributed by atoms with E-state index in [2.05, 4.69) is 35.6 Å². The van der Waals surface area contributed by atoms with Gasteiger partial charge in [0.1, 0.15) is 0 Å². The Morgan fingerprint density at radius 1 is 1.06 bits per heavy atom. The highest BCUT2D eigenvalue weighted by atomic mass is 79.9. The fourth-order valence-electron chi connectivity index (χ4n) is 2.27. The van der Waals surface area contributed by atoms with Gasteiger partial charge in [-0.1, -0.05) is 47.7 Å². The summed E-state index contributed by atoms with van der Waals surface area (Å²) < 4.78 is 1.01. The molecule has 1 aromatic rings. The summed E-state index contributed by atoms with van der Waals surface area (Å²) in [6.07, 6.45) is 0. The number of hydrogen-bond donors (Lipinski definition) is 2. The maximum atomic E-state index is 9.71. The summed E-state index contributed by atoms with van der Waals surface area (Å²) in [4.78, 5) is 0. The second kappa shape index (κ2) is 5.65. The highest BCUT2D eigenvalue weighted by molar-refractivity contribution is 9.10. The van der Waals surface area contributed by atoms with Crippen LogP contribution in [0.25, 0.3) is 0 Å². The van der Waals surface area contributed by atoms with Gasteiger partial charge in [0.2, 0.25) is 0 Å². The van der Waals surface area contributed by atoms with E-state index < -0.39 is 13.5 Å². The summed E-state index contributed by atoms with van der Waals surface area (Å²) in [6.45, 7) is 6.76. The molecule has 1 rings (SSSR count). The maximum Gasteiger partial charge on any atom is 0.0547 e. The summed E-state index contributed by atoms with van der Waals surface area (Å²) in [5.74, 6) is 0. The van der Waals surface area contributed by atoms with Crippen molar-refractivity contribution in [1.29, 1.82) is 0 Å². The van der Waals surface area contributed by atoms with Crippen molar-refractivity contribution in [2.45, 2.75) is 31.1 Å².